The van der Waals surface area contributed by atoms with E-state index in [0.717, 1.165) is 0 Å². The standard InChI is InChI=1S/C17H19N/c1-11(2)18-16-8-6-5-7-14(16)15-9-12(3)13(4)10-17(15)18/h5-11H,1-4H3. The van der Waals surface area contributed by atoms with Crippen molar-refractivity contribution in [3.63, 3.8) is 0 Å². The van der Waals surface area contributed by atoms with Crippen LogP contribution in [0.25, 0.3) is 21.8 Å². The van der Waals surface area contributed by atoms with Crippen LogP contribution in [0.3, 0.4) is 0 Å². The number of aromatic nitrogens is 1. The number of fused-ring (bicyclic) bond motifs is 3. The van der Waals surface area contributed by atoms with Gasteiger partial charge in [-0.15, -0.1) is 0 Å². The van der Waals surface area contributed by atoms with Crippen LogP contribution >= 0.6 is 0 Å². The fourth-order valence-electron chi connectivity index (χ4n) is 2.81. The van der Waals surface area contributed by atoms with E-state index < -0.39 is 0 Å². The molecule has 0 radical (unpaired) electrons. The molecule has 2 aromatic carbocycles. The average Bonchev–Trinajstić information content (AvgIpc) is 2.64. The summed E-state index contributed by atoms with van der Waals surface area (Å²) in [5.41, 5.74) is 5.43. The van der Waals surface area contributed by atoms with Crippen molar-refractivity contribution in [3.05, 3.63) is 47.5 Å². The van der Waals surface area contributed by atoms with Gasteiger partial charge in [-0.3, -0.25) is 0 Å². The van der Waals surface area contributed by atoms with Gasteiger partial charge in [-0.1, -0.05) is 18.2 Å². The monoisotopic (exact) mass is 237 g/mol. The summed E-state index contributed by atoms with van der Waals surface area (Å²) in [6.07, 6.45) is 0. The first-order valence-corrected chi connectivity index (χ1v) is 6.59. The zero-order valence-electron chi connectivity index (χ0n) is 11.5. The highest BCUT2D eigenvalue weighted by atomic mass is 15.0. The lowest BCUT2D eigenvalue weighted by Crippen LogP contribution is -2.00. The first kappa shape index (κ1) is 11.3. The molecule has 0 fully saturated rings. The Labute approximate surface area is 108 Å². The summed E-state index contributed by atoms with van der Waals surface area (Å²) in [5.74, 6) is 0. The number of para-hydroxylation sites is 1. The topological polar surface area (TPSA) is 4.93 Å². The number of hydrogen-bond acceptors (Lipinski definition) is 0. The van der Waals surface area contributed by atoms with Gasteiger partial charge in [0.25, 0.3) is 0 Å². The molecular weight excluding hydrogens is 218 g/mol. The Morgan fingerprint density at radius 2 is 1.50 bits per heavy atom. The zero-order chi connectivity index (χ0) is 12.9. The molecule has 3 aromatic rings. The summed E-state index contributed by atoms with van der Waals surface area (Å²) in [7, 11) is 0. The second kappa shape index (κ2) is 3.88. The first-order chi connectivity index (χ1) is 8.59. The molecule has 1 nitrogen and oxygen atoms in total. The van der Waals surface area contributed by atoms with Gasteiger partial charge in [-0.2, -0.15) is 0 Å². The number of hydrogen-bond donors (Lipinski definition) is 0. The predicted molar refractivity (Wildman–Crippen MR) is 79.3 cm³/mol. The van der Waals surface area contributed by atoms with Gasteiger partial charge >= 0.3 is 0 Å². The van der Waals surface area contributed by atoms with E-state index in [1.54, 1.807) is 0 Å². The highest BCUT2D eigenvalue weighted by Crippen LogP contribution is 2.33. The van der Waals surface area contributed by atoms with Crippen molar-refractivity contribution in [1.29, 1.82) is 0 Å². The third-order valence-electron chi connectivity index (χ3n) is 3.84. The highest BCUT2D eigenvalue weighted by Gasteiger charge is 2.12. The summed E-state index contributed by atoms with van der Waals surface area (Å²) in [6, 6.07) is 13.8. The van der Waals surface area contributed by atoms with E-state index in [1.165, 1.54) is 32.9 Å². The van der Waals surface area contributed by atoms with Crippen molar-refractivity contribution in [2.24, 2.45) is 0 Å². The lowest BCUT2D eigenvalue weighted by molar-refractivity contribution is 0.642. The summed E-state index contributed by atoms with van der Waals surface area (Å²) < 4.78 is 2.44. The molecule has 1 heterocycles. The highest BCUT2D eigenvalue weighted by molar-refractivity contribution is 6.08. The van der Waals surface area contributed by atoms with Crippen LogP contribution in [0.2, 0.25) is 0 Å². The Balaban J connectivity index is 2.58. The fraction of sp³-hybridized carbons (Fsp3) is 0.294. The lowest BCUT2D eigenvalue weighted by Gasteiger charge is -2.12. The van der Waals surface area contributed by atoms with E-state index >= 15 is 0 Å². The molecule has 0 aliphatic rings. The van der Waals surface area contributed by atoms with Gasteiger partial charge in [0.1, 0.15) is 0 Å². The fourth-order valence-corrected chi connectivity index (χ4v) is 2.81. The van der Waals surface area contributed by atoms with Crippen LogP contribution in [0, 0.1) is 13.8 Å². The first-order valence-electron chi connectivity index (χ1n) is 6.59. The van der Waals surface area contributed by atoms with Crippen molar-refractivity contribution >= 4 is 21.8 Å². The van der Waals surface area contributed by atoms with E-state index in [0.29, 0.717) is 6.04 Å². The van der Waals surface area contributed by atoms with Gasteiger partial charge in [-0.05, 0) is 57.0 Å². The minimum absolute atomic E-state index is 0.481. The Bertz CT molecular complexity index is 732. The smallest absolute Gasteiger partial charge is 0.0496 e. The molecule has 1 aromatic heterocycles. The van der Waals surface area contributed by atoms with Gasteiger partial charge < -0.3 is 4.57 Å². The van der Waals surface area contributed by atoms with Gasteiger partial charge in [0, 0.05) is 27.8 Å². The number of rotatable bonds is 1. The Hall–Kier alpha value is -1.76. The minimum Gasteiger partial charge on any atom is -0.338 e. The van der Waals surface area contributed by atoms with Crippen molar-refractivity contribution in [3.8, 4) is 0 Å². The molecule has 18 heavy (non-hydrogen) atoms. The second-order valence-corrected chi connectivity index (χ2v) is 5.43. The van der Waals surface area contributed by atoms with Gasteiger partial charge in [-0.25, -0.2) is 0 Å². The van der Waals surface area contributed by atoms with Gasteiger partial charge in [0.2, 0.25) is 0 Å². The van der Waals surface area contributed by atoms with Crippen LogP contribution < -0.4 is 0 Å². The maximum Gasteiger partial charge on any atom is 0.0496 e. The summed E-state index contributed by atoms with van der Waals surface area (Å²) in [5, 5.41) is 2.74. The second-order valence-electron chi connectivity index (χ2n) is 5.43. The van der Waals surface area contributed by atoms with Gasteiger partial charge in [0.15, 0.2) is 0 Å². The van der Waals surface area contributed by atoms with Crippen LogP contribution in [-0.2, 0) is 0 Å². The van der Waals surface area contributed by atoms with Crippen molar-refractivity contribution in [1.82, 2.24) is 4.57 Å². The maximum atomic E-state index is 2.44. The van der Waals surface area contributed by atoms with E-state index in [9.17, 15) is 0 Å². The van der Waals surface area contributed by atoms with Crippen molar-refractivity contribution in [2.75, 3.05) is 0 Å². The van der Waals surface area contributed by atoms with Crippen LogP contribution in [0.5, 0.6) is 0 Å². The molecule has 0 saturated carbocycles. The molecular formula is C17H19N. The van der Waals surface area contributed by atoms with Crippen molar-refractivity contribution in [2.45, 2.75) is 33.7 Å². The largest absolute Gasteiger partial charge is 0.338 e. The predicted octanol–water partition coefficient (Wildman–Crippen LogP) is 4.99. The summed E-state index contributed by atoms with van der Waals surface area (Å²) in [4.78, 5) is 0. The summed E-state index contributed by atoms with van der Waals surface area (Å²) in [6.45, 7) is 8.88. The molecule has 0 atom stereocenters. The Kier molecular flexibility index (Phi) is 2.44. The van der Waals surface area contributed by atoms with Crippen LogP contribution in [0.1, 0.15) is 31.0 Å². The van der Waals surface area contributed by atoms with Crippen LogP contribution in [0.4, 0.5) is 0 Å². The average molecular weight is 237 g/mol. The molecule has 0 bridgehead atoms. The van der Waals surface area contributed by atoms with Gasteiger partial charge in [0.05, 0.1) is 0 Å². The van der Waals surface area contributed by atoms with E-state index in [-0.39, 0.29) is 0 Å². The molecule has 0 amide bonds. The minimum atomic E-state index is 0.481. The lowest BCUT2D eigenvalue weighted by atomic mass is 10.1. The Morgan fingerprint density at radius 3 is 2.22 bits per heavy atom. The third-order valence-corrected chi connectivity index (χ3v) is 3.84. The molecule has 1 heteroatoms. The zero-order valence-corrected chi connectivity index (χ0v) is 11.5. The summed E-state index contributed by atoms with van der Waals surface area (Å²) >= 11 is 0. The molecule has 0 saturated heterocycles. The number of aryl methyl sites for hydroxylation is 2. The SMILES string of the molecule is Cc1cc2c3ccccc3n(C(C)C)c2cc1C. The normalized spacial score (nSPS) is 11.8. The molecule has 92 valence electrons. The molecule has 0 N–H and O–H groups in total. The Morgan fingerprint density at radius 1 is 0.833 bits per heavy atom. The maximum absolute atomic E-state index is 2.44. The number of benzene rings is 2. The van der Waals surface area contributed by atoms with E-state index in [2.05, 4.69) is 68.7 Å². The molecule has 3 rings (SSSR count). The van der Waals surface area contributed by atoms with E-state index in [4.69, 9.17) is 0 Å². The molecule has 0 unspecified atom stereocenters. The molecule has 0 aliphatic heterocycles. The third kappa shape index (κ3) is 1.47. The molecule has 0 spiro atoms. The van der Waals surface area contributed by atoms with E-state index in [1.807, 2.05) is 0 Å². The van der Waals surface area contributed by atoms with Crippen LogP contribution in [0.15, 0.2) is 36.4 Å². The quantitative estimate of drug-likeness (QED) is 0.561. The number of nitrogens with zero attached hydrogens (tertiary/aromatic N) is 1. The van der Waals surface area contributed by atoms with Crippen molar-refractivity contribution < 1.29 is 0 Å². The molecule has 0 aliphatic carbocycles. The van der Waals surface area contributed by atoms with Crippen LogP contribution in [-0.4, -0.2) is 4.57 Å².